The molecule has 23 heavy (non-hydrogen) atoms. The van der Waals surface area contributed by atoms with Crippen LogP contribution in [0, 0.1) is 29.6 Å². The summed E-state index contributed by atoms with van der Waals surface area (Å²) in [6.07, 6.45) is 2.04. The van der Waals surface area contributed by atoms with Gasteiger partial charge in [-0.1, -0.05) is 23.2 Å². The van der Waals surface area contributed by atoms with Crippen LogP contribution in [0.2, 0.25) is 0 Å². The van der Waals surface area contributed by atoms with Crippen molar-refractivity contribution in [3.05, 3.63) is 51.3 Å². The zero-order valence-electron chi connectivity index (χ0n) is 12.2. The zero-order chi connectivity index (χ0) is 17.6. The molecule has 1 aromatic rings. The Morgan fingerprint density at radius 3 is 2.43 bits per heavy atom. The van der Waals surface area contributed by atoms with E-state index in [0.717, 1.165) is 0 Å². The van der Waals surface area contributed by atoms with Crippen molar-refractivity contribution in [1.82, 2.24) is 0 Å². The Bertz CT molecular complexity index is 773. The molecule has 1 heterocycles. The summed E-state index contributed by atoms with van der Waals surface area (Å²) < 4.78 is 1.66. The summed E-state index contributed by atoms with van der Waals surface area (Å²) in [6, 6.07) is 6.92. The number of nitriles is 2. The van der Waals surface area contributed by atoms with Gasteiger partial charge in [-0.05, 0) is 19.1 Å². The van der Waals surface area contributed by atoms with Crippen molar-refractivity contribution in [2.75, 3.05) is 7.11 Å². The number of halogens is 2. The van der Waals surface area contributed by atoms with Gasteiger partial charge < -0.3 is 5.11 Å². The normalized spacial score (nSPS) is 17.0. The average molecular weight is 352 g/mol. The van der Waals surface area contributed by atoms with Crippen LogP contribution < -0.4 is 14.7 Å². The van der Waals surface area contributed by atoms with E-state index in [-0.39, 0.29) is 0 Å². The molecule has 8 heteroatoms. The van der Waals surface area contributed by atoms with Crippen molar-refractivity contribution in [1.29, 1.82) is 10.5 Å². The smallest absolute Gasteiger partial charge is 0.225 e. The lowest BCUT2D eigenvalue weighted by atomic mass is 9.95. The maximum atomic E-state index is 11.3. The third-order valence-corrected chi connectivity index (χ3v) is 3.62. The summed E-state index contributed by atoms with van der Waals surface area (Å²) in [5.74, 6) is -0.872. The van der Waals surface area contributed by atoms with Gasteiger partial charge >= 0.3 is 0 Å². The summed E-state index contributed by atoms with van der Waals surface area (Å²) in [5, 5.41) is 27.5. The molecule has 0 radical (unpaired) electrons. The van der Waals surface area contributed by atoms with Crippen LogP contribution in [0.25, 0.3) is 0 Å². The molecule has 1 aliphatic rings. The number of ketones is 1. The van der Waals surface area contributed by atoms with Crippen LogP contribution in [0.4, 0.5) is 0 Å². The number of pyridine rings is 1. The quantitative estimate of drug-likeness (QED) is 0.692. The third kappa shape index (κ3) is 4.30. The molecule has 0 amide bonds. The number of aryl methyl sites for hydroxylation is 1. The molecule has 0 bridgehead atoms. The standard InChI is InChI=1S/C8HCl2N2O2.C7H10NO/c9-5-6(10)8(14)4(2-12)3(1-11)7(5)13;1-7-4-3-5-8(6-7)9-2/h7H;3-6H,1-2H3/q-1;+1. The number of nitrogens with zero attached hydrogens (tertiary/aromatic N) is 3. The lowest BCUT2D eigenvalue weighted by Gasteiger charge is -2.25. The van der Waals surface area contributed by atoms with E-state index in [1.807, 2.05) is 31.5 Å². The van der Waals surface area contributed by atoms with Crippen LogP contribution in [-0.2, 0) is 4.79 Å². The van der Waals surface area contributed by atoms with Gasteiger partial charge in [-0.15, -0.1) is 0 Å². The van der Waals surface area contributed by atoms with Gasteiger partial charge in [0.2, 0.25) is 18.2 Å². The number of allylic oxidation sites excluding steroid dienone is 2. The van der Waals surface area contributed by atoms with E-state index in [1.54, 1.807) is 11.8 Å². The molecule has 0 saturated carbocycles. The van der Waals surface area contributed by atoms with Crippen LogP contribution in [0.15, 0.2) is 45.7 Å². The number of Topliss-reactive ketones (excluding diaryl/α,β-unsaturated/α-hetero) is 1. The highest BCUT2D eigenvalue weighted by Gasteiger charge is 2.28. The van der Waals surface area contributed by atoms with Gasteiger partial charge in [-0.3, -0.25) is 9.63 Å². The van der Waals surface area contributed by atoms with Crippen LogP contribution in [-0.4, -0.2) is 19.0 Å². The summed E-state index contributed by atoms with van der Waals surface area (Å²) in [7, 11) is 1.64. The van der Waals surface area contributed by atoms with Gasteiger partial charge in [0.1, 0.15) is 23.8 Å². The molecule has 0 saturated heterocycles. The lowest BCUT2D eigenvalue weighted by Crippen LogP contribution is -2.39. The predicted molar refractivity (Wildman–Crippen MR) is 79.7 cm³/mol. The predicted octanol–water partition coefficient (Wildman–Crippen LogP) is 0.672. The molecular weight excluding hydrogens is 341 g/mol. The monoisotopic (exact) mass is 351 g/mol. The van der Waals surface area contributed by atoms with Crippen molar-refractivity contribution in [2.24, 2.45) is 0 Å². The Hall–Kier alpha value is -2.38. The highest BCUT2D eigenvalue weighted by Crippen LogP contribution is 2.30. The summed E-state index contributed by atoms with van der Waals surface area (Å²) in [6.45, 7) is 2.02. The zero-order valence-corrected chi connectivity index (χ0v) is 13.7. The second-order valence-corrected chi connectivity index (χ2v) is 5.09. The number of hydrogen-bond donors (Lipinski definition) is 0. The Morgan fingerprint density at radius 1 is 1.35 bits per heavy atom. The Morgan fingerprint density at radius 2 is 2.00 bits per heavy atom. The minimum absolute atomic E-state index is 0.438. The second-order valence-electron chi connectivity index (χ2n) is 4.31. The molecule has 1 unspecified atom stereocenters. The van der Waals surface area contributed by atoms with Gasteiger partial charge in [0.15, 0.2) is 0 Å². The van der Waals surface area contributed by atoms with Crippen molar-refractivity contribution in [3.63, 3.8) is 0 Å². The van der Waals surface area contributed by atoms with Gasteiger partial charge in [0, 0.05) is 27.0 Å². The lowest BCUT2D eigenvalue weighted by molar-refractivity contribution is -0.885. The molecule has 1 aromatic heterocycles. The second kappa shape index (κ2) is 8.30. The van der Waals surface area contributed by atoms with Gasteiger partial charge in [0.05, 0.1) is 6.07 Å². The third-order valence-electron chi connectivity index (χ3n) is 2.76. The first-order valence-corrected chi connectivity index (χ1v) is 6.95. The minimum Gasteiger partial charge on any atom is -0.844 e. The SMILES string of the molecule is CO[n+]1cccc(C)c1.N#CC1=C(C#N)C([O-])C(Cl)=C(Cl)C1=O. The largest absolute Gasteiger partial charge is 0.844 e. The molecule has 0 N–H and O–H groups in total. The van der Waals surface area contributed by atoms with Crippen LogP contribution in [0.3, 0.4) is 0 Å². The maximum absolute atomic E-state index is 11.3. The topological polar surface area (TPSA) is 101 Å². The summed E-state index contributed by atoms with van der Waals surface area (Å²) in [5.41, 5.74) is 0.188. The van der Waals surface area contributed by atoms with Crippen molar-refractivity contribution in [3.8, 4) is 12.1 Å². The minimum atomic E-state index is -1.73. The molecule has 1 atom stereocenters. The molecule has 0 spiro atoms. The van der Waals surface area contributed by atoms with Crippen LogP contribution in [0.1, 0.15) is 5.56 Å². The molecule has 118 valence electrons. The van der Waals surface area contributed by atoms with E-state index in [9.17, 15) is 9.90 Å². The van der Waals surface area contributed by atoms with Gasteiger partial charge in [-0.25, -0.2) is 0 Å². The highest BCUT2D eigenvalue weighted by atomic mass is 35.5. The van der Waals surface area contributed by atoms with Crippen molar-refractivity contribution >= 4 is 29.0 Å². The van der Waals surface area contributed by atoms with E-state index in [4.69, 9.17) is 38.6 Å². The van der Waals surface area contributed by atoms with Crippen LogP contribution >= 0.6 is 23.2 Å². The molecule has 0 aromatic carbocycles. The Balaban J connectivity index is 0.000000253. The van der Waals surface area contributed by atoms with E-state index in [2.05, 4.69) is 0 Å². The fourth-order valence-electron chi connectivity index (χ4n) is 1.62. The number of hydrogen-bond acceptors (Lipinski definition) is 5. The molecule has 1 aliphatic carbocycles. The first-order chi connectivity index (χ1) is 10.9. The fraction of sp³-hybridized carbons (Fsp3) is 0.200. The van der Waals surface area contributed by atoms with E-state index in [1.165, 1.54) is 17.7 Å². The number of carbonyl (C=O) groups excluding carboxylic acids is 1. The molecule has 6 nitrogen and oxygen atoms in total. The number of rotatable bonds is 1. The Kier molecular flexibility index (Phi) is 6.74. The fourth-order valence-corrected chi connectivity index (χ4v) is 2.01. The van der Waals surface area contributed by atoms with Crippen molar-refractivity contribution in [2.45, 2.75) is 13.0 Å². The average Bonchev–Trinajstić information content (AvgIpc) is 2.56. The molecule has 0 fully saturated rings. The number of carbonyl (C=O) groups is 1. The number of aromatic nitrogens is 1. The van der Waals surface area contributed by atoms with Crippen LogP contribution in [0.5, 0.6) is 0 Å². The van der Waals surface area contributed by atoms with Crippen molar-refractivity contribution < 1.29 is 19.5 Å². The molecule has 2 rings (SSSR count). The van der Waals surface area contributed by atoms with E-state index in [0.29, 0.717) is 0 Å². The molecule has 0 aliphatic heterocycles. The summed E-state index contributed by atoms with van der Waals surface area (Å²) in [4.78, 5) is 16.1. The Labute approximate surface area is 143 Å². The first-order valence-electron chi connectivity index (χ1n) is 6.19. The van der Waals surface area contributed by atoms with Gasteiger partial charge in [0.25, 0.3) is 0 Å². The molecular formula is C15H11Cl2N3O3. The van der Waals surface area contributed by atoms with Gasteiger partial charge in [-0.2, -0.15) is 10.5 Å². The van der Waals surface area contributed by atoms with E-state index < -0.39 is 33.1 Å². The first kappa shape index (κ1) is 18.7. The maximum Gasteiger partial charge on any atom is 0.225 e. The van der Waals surface area contributed by atoms with E-state index >= 15 is 0 Å². The summed E-state index contributed by atoms with van der Waals surface area (Å²) >= 11 is 10.8. The highest BCUT2D eigenvalue weighted by molar-refractivity contribution is 6.51.